The Bertz CT molecular complexity index is 344. The third-order valence-electron chi connectivity index (χ3n) is 4.68. The van der Waals surface area contributed by atoms with Gasteiger partial charge in [0.1, 0.15) is 10.8 Å². The van der Waals surface area contributed by atoms with E-state index in [2.05, 4.69) is 69.2 Å². The zero-order chi connectivity index (χ0) is 22.5. The Kier molecular flexibility index (Phi) is 15.3. The lowest BCUT2D eigenvalue weighted by atomic mass is 10.3. The Labute approximate surface area is 186 Å². The molecule has 0 fully saturated rings. The third kappa shape index (κ3) is 13.3. The summed E-state index contributed by atoms with van der Waals surface area (Å²) in [4.78, 5) is 0. The predicted molar refractivity (Wildman–Crippen MR) is 131 cm³/mol. The molecule has 0 aromatic rings. The molecule has 0 saturated carbocycles. The molecule has 0 unspecified atom stereocenters. The molecule has 0 bridgehead atoms. The first-order valence-corrected chi connectivity index (χ1v) is 15.6. The average Bonchev–Trinajstić information content (AvgIpc) is 2.52. The van der Waals surface area contributed by atoms with Crippen molar-refractivity contribution in [2.24, 2.45) is 0 Å². The normalized spacial score (nSPS) is 14.3. The van der Waals surface area contributed by atoms with Crippen molar-refractivity contribution in [3.05, 3.63) is 0 Å². The predicted octanol–water partition coefficient (Wildman–Crippen LogP) is 5.16. The van der Waals surface area contributed by atoms with Gasteiger partial charge < -0.3 is 18.9 Å². The van der Waals surface area contributed by atoms with Crippen LogP contribution in [0.4, 0.5) is 0 Å². The molecule has 0 radical (unpaired) electrons. The van der Waals surface area contributed by atoms with Crippen molar-refractivity contribution in [1.29, 1.82) is 0 Å². The second-order valence-corrected chi connectivity index (χ2v) is 14.1. The molecule has 0 aromatic carbocycles. The molecule has 0 atom stereocenters. The van der Waals surface area contributed by atoms with Crippen LogP contribution in [-0.4, -0.2) is 54.3 Å². The van der Waals surface area contributed by atoms with E-state index in [4.69, 9.17) is 18.9 Å². The summed E-state index contributed by atoms with van der Waals surface area (Å²) in [6, 6.07) is 2.52. The van der Waals surface area contributed by atoms with Gasteiger partial charge >= 0.3 is 0 Å². The maximum Gasteiger partial charge on any atom is 0.145 e. The smallest absolute Gasteiger partial charge is 0.145 e. The Morgan fingerprint density at radius 1 is 0.552 bits per heavy atom. The summed E-state index contributed by atoms with van der Waals surface area (Å²) in [5, 5.41) is 0. The summed E-state index contributed by atoms with van der Waals surface area (Å²) in [6.45, 7) is 21.5. The molecule has 0 aliphatic carbocycles. The summed E-state index contributed by atoms with van der Waals surface area (Å²) in [5.41, 5.74) is -0.607. The molecule has 0 saturated heterocycles. The third-order valence-corrected chi connectivity index (χ3v) is 9.28. The van der Waals surface area contributed by atoms with Gasteiger partial charge in [-0.15, -0.1) is 0 Å². The van der Waals surface area contributed by atoms with Crippen LogP contribution in [0.25, 0.3) is 0 Å². The Balaban J connectivity index is 4.91. The van der Waals surface area contributed by atoms with Crippen molar-refractivity contribution in [1.82, 2.24) is 0 Å². The molecule has 29 heavy (non-hydrogen) atoms. The number of rotatable bonds is 18. The first kappa shape index (κ1) is 29.3. The molecule has 6 heteroatoms. The number of hydrogen-bond donors (Lipinski definition) is 0. The lowest BCUT2D eigenvalue weighted by Crippen LogP contribution is -2.46. The maximum absolute atomic E-state index is 6.38. The van der Waals surface area contributed by atoms with Crippen LogP contribution < -0.4 is 0 Å². The van der Waals surface area contributed by atoms with Gasteiger partial charge in [0.2, 0.25) is 0 Å². The van der Waals surface area contributed by atoms with E-state index in [-0.39, 0.29) is 35.2 Å². The monoisotopic (exact) mass is 448 g/mol. The van der Waals surface area contributed by atoms with Gasteiger partial charge in [-0.25, -0.2) is 0 Å². The summed E-state index contributed by atoms with van der Waals surface area (Å²) in [6.07, 6.45) is 6.31. The molecule has 0 amide bonds. The highest BCUT2D eigenvalue weighted by Crippen LogP contribution is 2.27. The second-order valence-electron chi connectivity index (χ2n) is 9.55. The van der Waals surface area contributed by atoms with Crippen molar-refractivity contribution in [2.75, 3.05) is 0 Å². The van der Waals surface area contributed by atoms with Crippen LogP contribution in [0.5, 0.6) is 0 Å². The molecule has 0 aromatic heterocycles. The van der Waals surface area contributed by atoms with Crippen LogP contribution in [0, 0.1) is 0 Å². The standard InChI is InChI=1S/C23H52O4Si2/c1-11-14-22(24-18(3)4,25-19(5)6)28-16-13-17-29-23(15-12-2,26-20(7)8)27-21(9)10/h18-21H,11-17,28-29H2,1-10H3. The highest BCUT2D eigenvalue weighted by atomic mass is 28.2. The quantitative estimate of drug-likeness (QED) is 0.165. The zero-order valence-electron chi connectivity index (χ0n) is 21.3. The molecule has 0 spiro atoms. The lowest BCUT2D eigenvalue weighted by molar-refractivity contribution is -0.220. The van der Waals surface area contributed by atoms with E-state index in [0.717, 1.165) is 25.7 Å². The molecule has 0 heterocycles. The summed E-state index contributed by atoms with van der Waals surface area (Å²) >= 11 is 0. The minimum Gasteiger partial charge on any atom is -0.352 e. The van der Waals surface area contributed by atoms with Crippen LogP contribution in [0.15, 0.2) is 0 Å². The number of hydrogen-bond acceptors (Lipinski definition) is 4. The van der Waals surface area contributed by atoms with Crippen LogP contribution in [0.2, 0.25) is 12.1 Å². The first-order valence-electron chi connectivity index (χ1n) is 12.2. The van der Waals surface area contributed by atoms with Gasteiger partial charge in [0.15, 0.2) is 0 Å². The van der Waals surface area contributed by atoms with Crippen LogP contribution in [0.1, 0.15) is 101 Å². The highest BCUT2D eigenvalue weighted by molar-refractivity contribution is 6.41. The highest BCUT2D eigenvalue weighted by Gasteiger charge is 2.35. The first-order chi connectivity index (χ1) is 13.5. The fourth-order valence-electron chi connectivity index (χ4n) is 4.22. The SMILES string of the molecule is CCCC(OC(C)C)(OC(C)C)[SiH2]CCC[SiH2]C(CCC)(OC(C)C)OC(C)C. The summed E-state index contributed by atoms with van der Waals surface area (Å²) in [5.74, 6) is 0. The van der Waals surface area contributed by atoms with E-state index in [1.54, 1.807) is 0 Å². The van der Waals surface area contributed by atoms with Gasteiger partial charge in [0.25, 0.3) is 0 Å². The average molecular weight is 449 g/mol. The maximum atomic E-state index is 6.38. The van der Waals surface area contributed by atoms with Crippen LogP contribution in [-0.2, 0) is 18.9 Å². The summed E-state index contributed by atoms with van der Waals surface area (Å²) < 4.78 is 25.5. The van der Waals surface area contributed by atoms with Gasteiger partial charge in [0.05, 0.1) is 43.5 Å². The molecule has 0 rings (SSSR count). The Morgan fingerprint density at radius 3 is 1.03 bits per heavy atom. The van der Waals surface area contributed by atoms with Gasteiger partial charge in [-0.05, 0) is 68.2 Å². The van der Waals surface area contributed by atoms with Gasteiger partial charge in [-0.1, -0.05) is 45.2 Å². The van der Waals surface area contributed by atoms with Gasteiger partial charge in [0, 0.05) is 0 Å². The lowest BCUT2D eigenvalue weighted by Gasteiger charge is -2.38. The van der Waals surface area contributed by atoms with Crippen molar-refractivity contribution in [3.8, 4) is 0 Å². The molecular weight excluding hydrogens is 396 g/mol. The van der Waals surface area contributed by atoms with Crippen molar-refractivity contribution in [3.63, 3.8) is 0 Å². The summed E-state index contributed by atoms with van der Waals surface area (Å²) in [7, 11) is -1.00. The minimum absolute atomic E-state index is 0.207. The van der Waals surface area contributed by atoms with Crippen LogP contribution >= 0.6 is 0 Å². The van der Waals surface area contributed by atoms with E-state index < -0.39 is 19.0 Å². The van der Waals surface area contributed by atoms with Gasteiger partial charge in [-0.3, -0.25) is 0 Å². The van der Waals surface area contributed by atoms with Gasteiger partial charge in [-0.2, -0.15) is 0 Å². The Hall–Kier alpha value is 0.274. The molecule has 176 valence electrons. The van der Waals surface area contributed by atoms with E-state index in [0.29, 0.717) is 0 Å². The largest absolute Gasteiger partial charge is 0.352 e. The van der Waals surface area contributed by atoms with E-state index in [9.17, 15) is 0 Å². The topological polar surface area (TPSA) is 36.9 Å². The number of ether oxygens (including phenoxy) is 4. The van der Waals surface area contributed by atoms with Crippen molar-refractivity contribution >= 4 is 19.0 Å². The van der Waals surface area contributed by atoms with E-state index in [1.807, 2.05) is 0 Å². The van der Waals surface area contributed by atoms with Crippen molar-refractivity contribution < 1.29 is 18.9 Å². The molecule has 0 aliphatic heterocycles. The van der Waals surface area contributed by atoms with E-state index >= 15 is 0 Å². The fraction of sp³-hybridized carbons (Fsp3) is 1.00. The Morgan fingerprint density at radius 2 is 0.828 bits per heavy atom. The zero-order valence-corrected chi connectivity index (χ0v) is 24.1. The van der Waals surface area contributed by atoms with Crippen LogP contribution in [0.3, 0.4) is 0 Å². The van der Waals surface area contributed by atoms with E-state index in [1.165, 1.54) is 18.5 Å². The molecule has 0 aliphatic rings. The minimum atomic E-state index is -0.501. The second kappa shape index (κ2) is 15.1. The molecular formula is C23H52O4Si2. The fourth-order valence-corrected chi connectivity index (χ4v) is 10.2. The van der Waals surface area contributed by atoms with Crippen molar-refractivity contribution in [2.45, 2.75) is 149 Å². The molecule has 0 N–H and O–H groups in total. The molecule has 4 nitrogen and oxygen atoms in total.